The fourth-order valence-corrected chi connectivity index (χ4v) is 11.1. The average Bonchev–Trinajstić information content (AvgIpc) is 2.92. The number of carbonyl (C=O) groups excluding carboxylic acids is 2. The van der Waals surface area contributed by atoms with Crippen molar-refractivity contribution in [3.63, 3.8) is 0 Å². The minimum atomic E-state index is -0.685. The summed E-state index contributed by atoms with van der Waals surface area (Å²) in [5.74, 6) is 0.132. The molecular formula is C35H57NO7. The number of aliphatic carboxylic acids is 1. The van der Waals surface area contributed by atoms with Gasteiger partial charge in [-0.05, 0) is 110 Å². The van der Waals surface area contributed by atoms with E-state index in [2.05, 4.69) is 34.6 Å². The number of rotatable bonds is 8. The third-order valence-corrected chi connectivity index (χ3v) is 13.1. The van der Waals surface area contributed by atoms with Gasteiger partial charge in [0.1, 0.15) is 6.29 Å². The standard InChI is InChI=1S/C34H53NO6.CH4O/c1-31(2)27-9-13-33(4)24-8-12-32(3)11-7-21(30(39)40)17-25(32)23(24)18-26(38)29(33)34(27,5)14-10-28(31)41-20-22(37)19-35(6)15-16-36;1-2/h16,18,21-22,24-25,27-29,37H,7-15,17,19-20H2,1-6H3,(H,39,40);2H,1H3. The van der Waals surface area contributed by atoms with Crippen molar-refractivity contribution in [2.75, 3.05) is 33.9 Å². The van der Waals surface area contributed by atoms with Gasteiger partial charge < -0.3 is 24.9 Å². The summed E-state index contributed by atoms with van der Waals surface area (Å²) in [5.41, 5.74) is 1.00. The third kappa shape index (κ3) is 5.91. The highest BCUT2D eigenvalue weighted by atomic mass is 16.5. The van der Waals surface area contributed by atoms with Gasteiger partial charge >= 0.3 is 5.97 Å². The minimum absolute atomic E-state index is 0.00586. The predicted octanol–water partition coefficient (Wildman–Crippen LogP) is 4.76. The number of ether oxygens (including phenoxy) is 1. The molecule has 10 unspecified atom stereocenters. The first-order valence-electron chi connectivity index (χ1n) is 16.5. The van der Waals surface area contributed by atoms with E-state index < -0.39 is 12.1 Å². The summed E-state index contributed by atoms with van der Waals surface area (Å²) in [6, 6.07) is 0. The van der Waals surface area contributed by atoms with Crippen LogP contribution >= 0.6 is 0 Å². The van der Waals surface area contributed by atoms with Crippen LogP contribution in [0.2, 0.25) is 0 Å². The SMILES string of the molecule is CN(CC=O)CC(O)COC1CCC2(C)C(CCC3(C)C4CCC5(C)CCC(C(=O)O)CC5C4=CC(=O)C32)C1(C)C.CO. The summed E-state index contributed by atoms with van der Waals surface area (Å²) < 4.78 is 6.40. The number of carbonyl (C=O) groups is 3. The average molecular weight is 604 g/mol. The lowest BCUT2D eigenvalue weighted by atomic mass is 9.37. The van der Waals surface area contributed by atoms with Gasteiger partial charge in [0.05, 0.1) is 31.3 Å². The van der Waals surface area contributed by atoms with E-state index in [0.717, 1.165) is 64.8 Å². The topological polar surface area (TPSA) is 124 Å². The van der Waals surface area contributed by atoms with E-state index in [-0.39, 0.29) is 64.5 Å². The van der Waals surface area contributed by atoms with E-state index in [4.69, 9.17) is 9.84 Å². The molecule has 3 N–H and O–H groups in total. The second-order valence-corrected chi connectivity index (χ2v) is 15.9. The smallest absolute Gasteiger partial charge is 0.306 e. The zero-order chi connectivity index (χ0) is 32.0. The largest absolute Gasteiger partial charge is 0.481 e. The number of carboxylic acids is 1. The second-order valence-electron chi connectivity index (χ2n) is 15.9. The molecule has 0 aromatic rings. The van der Waals surface area contributed by atoms with Crippen LogP contribution in [0.25, 0.3) is 0 Å². The van der Waals surface area contributed by atoms with Crippen molar-refractivity contribution < 1.29 is 34.4 Å². The van der Waals surface area contributed by atoms with Crippen molar-refractivity contribution in [2.24, 2.45) is 51.2 Å². The minimum Gasteiger partial charge on any atom is -0.481 e. The number of fused-ring (bicyclic) bond motifs is 7. The first-order chi connectivity index (χ1) is 20.2. The third-order valence-electron chi connectivity index (χ3n) is 13.1. The molecule has 0 bridgehead atoms. The second kappa shape index (κ2) is 12.6. The van der Waals surface area contributed by atoms with Gasteiger partial charge in [-0.1, -0.05) is 40.2 Å². The van der Waals surface area contributed by atoms with Crippen LogP contribution in [0.5, 0.6) is 0 Å². The lowest BCUT2D eigenvalue weighted by Gasteiger charge is -2.67. The van der Waals surface area contributed by atoms with Crippen molar-refractivity contribution in [1.82, 2.24) is 4.90 Å². The number of allylic oxidation sites excluding steroid dienone is 2. The zero-order valence-electron chi connectivity index (χ0n) is 27.6. The molecule has 4 saturated carbocycles. The van der Waals surface area contributed by atoms with Gasteiger partial charge in [0, 0.05) is 19.6 Å². The maximum Gasteiger partial charge on any atom is 0.306 e. The highest BCUT2D eigenvalue weighted by Crippen LogP contribution is 2.71. The maximum atomic E-state index is 14.3. The van der Waals surface area contributed by atoms with Crippen LogP contribution < -0.4 is 0 Å². The summed E-state index contributed by atoms with van der Waals surface area (Å²) in [4.78, 5) is 38.9. The predicted molar refractivity (Wildman–Crippen MR) is 165 cm³/mol. The van der Waals surface area contributed by atoms with Gasteiger partial charge in [0.2, 0.25) is 0 Å². The molecule has 8 nitrogen and oxygen atoms in total. The van der Waals surface area contributed by atoms with Gasteiger partial charge in [-0.15, -0.1) is 0 Å². The molecule has 0 amide bonds. The molecule has 5 aliphatic carbocycles. The molecule has 10 atom stereocenters. The summed E-state index contributed by atoms with van der Waals surface area (Å²) in [5, 5.41) is 27.4. The Labute approximate surface area is 258 Å². The van der Waals surface area contributed by atoms with Crippen LogP contribution in [0.3, 0.4) is 0 Å². The van der Waals surface area contributed by atoms with Crippen molar-refractivity contribution in [1.29, 1.82) is 0 Å². The molecule has 43 heavy (non-hydrogen) atoms. The molecule has 5 aliphatic rings. The number of likely N-dealkylation sites (N-methyl/N-ethyl adjacent to an activating group) is 1. The quantitative estimate of drug-likeness (QED) is 0.340. The van der Waals surface area contributed by atoms with Crippen LogP contribution in [-0.2, 0) is 19.1 Å². The van der Waals surface area contributed by atoms with Crippen LogP contribution in [0.15, 0.2) is 11.6 Å². The fraction of sp³-hybridized carbons (Fsp3) is 0.857. The Morgan fingerprint density at radius 1 is 1.02 bits per heavy atom. The summed E-state index contributed by atoms with van der Waals surface area (Å²) >= 11 is 0. The van der Waals surface area contributed by atoms with Gasteiger partial charge in [-0.2, -0.15) is 0 Å². The maximum absolute atomic E-state index is 14.3. The summed E-state index contributed by atoms with van der Waals surface area (Å²) in [6.07, 6.45) is 10.6. The Hall–Kier alpha value is -1.61. The van der Waals surface area contributed by atoms with Crippen LogP contribution in [0.4, 0.5) is 0 Å². The Bertz CT molecular complexity index is 1090. The molecule has 0 radical (unpaired) electrons. The number of aliphatic hydroxyl groups excluding tert-OH is 2. The normalized spacial score (nSPS) is 42.2. The lowest BCUT2D eigenvalue weighted by Crippen LogP contribution is -2.64. The highest BCUT2D eigenvalue weighted by Gasteiger charge is 2.66. The molecule has 244 valence electrons. The molecular weight excluding hydrogens is 546 g/mol. The van der Waals surface area contributed by atoms with Crippen LogP contribution in [0.1, 0.15) is 92.4 Å². The number of nitrogens with zero attached hydrogens (tertiary/aromatic N) is 1. The molecule has 0 aliphatic heterocycles. The van der Waals surface area contributed by atoms with Crippen LogP contribution in [0, 0.1) is 51.2 Å². The Morgan fingerprint density at radius 3 is 2.33 bits per heavy atom. The molecule has 5 rings (SSSR count). The van der Waals surface area contributed by atoms with E-state index in [1.165, 1.54) is 5.57 Å². The van der Waals surface area contributed by atoms with Crippen molar-refractivity contribution in [3.8, 4) is 0 Å². The highest BCUT2D eigenvalue weighted by molar-refractivity contribution is 5.95. The number of carboxylic acid groups (broad SMARTS) is 1. The van der Waals surface area contributed by atoms with Crippen LogP contribution in [-0.4, -0.2) is 84.3 Å². The lowest BCUT2D eigenvalue weighted by molar-refractivity contribution is -0.200. The van der Waals surface area contributed by atoms with Gasteiger partial charge in [-0.25, -0.2) is 0 Å². The molecule has 0 spiro atoms. The monoisotopic (exact) mass is 603 g/mol. The Balaban J connectivity index is 0.00000207. The first kappa shape index (κ1) is 34.3. The van der Waals surface area contributed by atoms with Crippen molar-refractivity contribution >= 4 is 18.0 Å². The molecule has 8 heteroatoms. The van der Waals surface area contributed by atoms with E-state index >= 15 is 0 Å². The number of hydrogen-bond donors (Lipinski definition) is 3. The molecule has 0 aromatic carbocycles. The van der Waals surface area contributed by atoms with Crippen molar-refractivity contribution in [2.45, 2.75) is 105 Å². The van der Waals surface area contributed by atoms with Crippen molar-refractivity contribution in [3.05, 3.63) is 11.6 Å². The summed E-state index contributed by atoms with van der Waals surface area (Å²) in [7, 11) is 2.82. The Kier molecular flexibility index (Phi) is 10.1. The van der Waals surface area contributed by atoms with Gasteiger partial charge in [0.15, 0.2) is 5.78 Å². The van der Waals surface area contributed by atoms with E-state index in [1.807, 2.05) is 13.1 Å². The van der Waals surface area contributed by atoms with Gasteiger partial charge in [-0.3, -0.25) is 14.5 Å². The first-order valence-corrected chi connectivity index (χ1v) is 16.5. The fourth-order valence-electron chi connectivity index (χ4n) is 11.1. The van der Waals surface area contributed by atoms with Gasteiger partial charge in [0.25, 0.3) is 0 Å². The van der Waals surface area contributed by atoms with E-state index in [9.17, 15) is 24.6 Å². The van der Waals surface area contributed by atoms with E-state index in [0.29, 0.717) is 24.8 Å². The zero-order valence-corrected chi connectivity index (χ0v) is 27.6. The Morgan fingerprint density at radius 2 is 1.67 bits per heavy atom. The number of hydrogen-bond acceptors (Lipinski definition) is 7. The number of aldehydes is 1. The molecule has 4 fully saturated rings. The number of ketones is 1. The van der Waals surface area contributed by atoms with E-state index in [1.54, 1.807) is 4.90 Å². The molecule has 0 saturated heterocycles. The molecule has 0 aromatic heterocycles. The summed E-state index contributed by atoms with van der Waals surface area (Å²) in [6.45, 7) is 12.6. The number of aliphatic hydroxyl groups is 2. The molecule has 0 heterocycles.